The summed E-state index contributed by atoms with van der Waals surface area (Å²) >= 11 is 7.73. The van der Waals surface area contributed by atoms with Gasteiger partial charge < -0.3 is 29.0 Å². The van der Waals surface area contributed by atoms with Gasteiger partial charge in [-0.3, -0.25) is 9.59 Å². The number of hydrogen-bond donors (Lipinski definition) is 1. The Morgan fingerprint density at radius 1 is 0.972 bits per heavy atom. The van der Waals surface area contributed by atoms with Crippen molar-refractivity contribution in [2.75, 3.05) is 28.4 Å². The summed E-state index contributed by atoms with van der Waals surface area (Å²) < 4.78 is 21.6. The zero-order chi connectivity index (χ0) is 26.0. The summed E-state index contributed by atoms with van der Waals surface area (Å²) in [5.74, 6) is -0.432. The van der Waals surface area contributed by atoms with Crippen LogP contribution < -0.4 is 18.9 Å². The maximum atomic E-state index is 13.3. The fourth-order valence-electron chi connectivity index (χ4n) is 4.19. The first-order valence-electron chi connectivity index (χ1n) is 10.8. The van der Waals surface area contributed by atoms with Gasteiger partial charge in [0.2, 0.25) is 5.75 Å². The second-order valence-electron chi connectivity index (χ2n) is 7.81. The molecule has 1 amide bonds. The molecule has 10 heteroatoms. The maximum Gasteiger partial charge on any atom is 0.295 e. The minimum Gasteiger partial charge on any atom is -0.507 e. The Balaban J connectivity index is 1.94. The average molecular weight is 530 g/mol. The summed E-state index contributed by atoms with van der Waals surface area (Å²) in [4.78, 5) is 28.9. The van der Waals surface area contributed by atoms with Crippen molar-refractivity contribution in [2.24, 2.45) is 0 Å². The quantitative estimate of drug-likeness (QED) is 0.248. The van der Waals surface area contributed by atoms with Crippen molar-refractivity contribution in [1.82, 2.24) is 4.90 Å². The van der Waals surface area contributed by atoms with Crippen molar-refractivity contribution in [2.45, 2.75) is 12.6 Å². The molecular weight excluding hydrogens is 506 g/mol. The number of nitrogens with zero attached hydrogens (tertiary/aromatic N) is 1. The number of rotatable bonds is 8. The van der Waals surface area contributed by atoms with Crippen LogP contribution in [0.1, 0.15) is 22.0 Å². The zero-order valence-electron chi connectivity index (χ0n) is 20.0. The molecule has 1 aromatic heterocycles. The molecule has 1 N–H and O–H groups in total. The molecule has 1 aliphatic heterocycles. The lowest BCUT2D eigenvalue weighted by atomic mass is 9.94. The molecule has 0 saturated carbocycles. The van der Waals surface area contributed by atoms with E-state index in [-0.39, 0.29) is 28.5 Å². The molecule has 0 spiro atoms. The Morgan fingerprint density at radius 3 is 2.17 bits per heavy atom. The average Bonchev–Trinajstić information content (AvgIpc) is 3.49. The third-order valence-corrected chi connectivity index (χ3v) is 7.03. The highest BCUT2D eigenvalue weighted by atomic mass is 35.5. The molecule has 2 heterocycles. The molecular formula is C26H24ClNO7S. The minimum absolute atomic E-state index is 0.0768. The number of likely N-dealkylation sites (tertiary alicyclic amines) is 1. The maximum absolute atomic E-state index is 13.3. The molecule has 0 aliphatic carbocycles. The van der Waals surface area contributed by atoms with Crippen molar-refractivity contribution in [3.63, 3.8) is 0 Å². The molecule has 1 saturated heterocycles. The Bertz CT molecular complexity index is 1310. The monoisotopic (exact) mass is 529 g/mol. The molecule has 36 heavy (non-hydrogen) atoms. The van der Waals surface area contributed by atoms with Crippen LogP contribution in [0.25, 0.3) is 5.76 Å². The molecule has 1 aliphatic rings. The number of methoxy groups -OCH3 is 4. The van der Waals surface area contributed by atoms with Gasteiger partial charge in [-0.05, 0) is 47.3 Å². The van der Waals surface area contributed by atoms with Crippen LogP contribution in [0.4, 0.5) is 0 Å². The van der Waals surface area contributed by atoms with E-state index in [4.69, 9.17) is 30.5 Å². The fraction of sp³-hybridized carbons (Fsp3) is 0.231. The van der Waals surface area contributed by atoms with Crippen molar-refractivity contribution in [1.29, 1.82) is 0 Å². The number of aliphatic hydroxyl groups is 1. The van der Waals surface area contributed by atoms with Gasteiger partial charge in [-0.2, -0.15) is 0 Å². The number of carbonyl (C=O) groups excluding carboxylic acids is 2. The first-order valence-corrected chi connectivity index (χ1v) is 12.0. The summed E-state index contributed by atoms with van der Waals surface area (Å²) in [6, 6.07) is 10.8. The second kappa shape index (κ2) is 10.5. The number of hydrogen-bond acceptors (Lipinski definition) is 8. The lowest BCUT2D eigenvalue weighted by molar-refractivity contribution is -0.140. The van der Waals surface area contributed by atoms with Crippen LogP contribution in [0.2, 0.25) is 5.02 Å². The number of carbonyl (C=O) groups is 2. The first kappa shape index (κ1) is 25.4. The third kappa shape index (κ3) is 4.47. The van der Waals surface area contributed by atoms with Crippen LogP contribution >= 0.6 is 22.9 Å². The second-order valence-corrected chi connectivity index (χ2v) is 9.25. The summed E-state index contributed by atoms with van der Waals surface area (Å²) in [5, 5.41) is 13.5. The molecule has 1 unspecified atom stereocenters. The molecule has 2 aromatic carbocycles. The number of benzene rings is 2. The molecule has 8 nitrogen and oxygen atoms in total. The molecule has 0 bridgehead atoms. The number of halogens is 1. The number of aliphatic hydroxyl groups excluding tert-OH is 1. The molecule has 1 atom stereocenters. The van der Waals surface area contributed by atoms with E-state index in [2.05, 4.69) is 0 Å². The number of thiophene rings is 1. The smallest absolute Gasteiger partial charge is 0.295 e. The Kier molecular flexibility index (Phi) is 7.42. The van der Waals surface area contributed by atoms with Gasteiger partial charge in [0.15, 0.2) is 11.5 Å². The lowest BCUT2D eigenvalue weighted by Gasteiger charge is -2.26. The SMILES string of the molecule is COc1ccc(/C(O)=C2\C(=O)C(=O)N(Cc3cccs3)C2c2cc(OC)c(OC)c(OC)c2)cc1Cl. The molecule has 0 radical (unpaired) electrons. The molecule has 188 valence electrons. The van der Waals surface area contributed by atoms with E-state index in [0.29, 0.717) is 28.6 Å². The van der Waals surface area contributed by atoms with Crippen molar-refractivity contribution in [3.8, 4) is 23.0 Å². The van der Waals surface area contributed by atoms with Gasteiger partial charge in [0.1, 0.15) is 11.5 Å². The predicted octanol–water partition coefficient (Wildman–Crippen LogP) is 5.06. The van der Waals surface area contributed by atoms with Gasteiger partial charge in [0, 0.05) is 10.4 Å². The van der Waals surface area contributed by atoms with E-state index in [1.54, 1.807) is 24.3 Å². The van der Waals surface area contributed by atoms with Crippen LogP contribution in [0.15, 0.2) is 53.4 Å². The number of Topliss-reactive ketones (excluding diaryl/α,β-unsaturated/α-hetero) is 1. The Morgan fingerprint density at radius 2 is 1.64 bits per heavy atom. The lowest BCUT2D eigenvalue weighted by Crippen LogP contribution is -2.29. The Labute approximate surface area is 217 Å². The van der Waals surface area contributed by atoms with E-state index in [0.717, 1.165) is 4.88 Å². The summed E-state index contributed by atoms with van der Waals surface area (Å²) in [6.45, 7) is 0.170. The van der Waals surface area contributed by atoms with Crippen molar-refractivity contribution >= 4 is 40.4 Å². The normalized spacial score (nSPS) is 16.8. The Hall–Kier alpha value is -3.69. The molecule has 1 fully saturated rings. The topological polar surface area (TPSA) is 94.5 Å². The van der Waals surface area contributed by atoms with Crippen LogP contribution in [0.3, 0.4) is 0 Å². The number of amides is 1. The first-order chi connectivity index (χ1) is 17.3. The van der Waals surface area contributed by atoms with Crippen LogP contribution in [0, 0.1) is 0 Å². The highest BCUT2D eigenvalue weighted by Gasteiger charge is 2.46. The van der Waals surface area contributed by atoms with Gasteiger partial charge >= 0.3 is 0 Å². The van der Waals surface area contributed by atoms with Gasteiger partial charge in [-0.1, -0.05) is 17.7 Å². The highest BCUT2D eigenvalue weighted by Crippen LogP contribution is 2.46. The van der Waals surface area contributed by atoms with Gasteiger partial charge in [-0.15, -0.1) is 11.3 Å². The summed E-state index contributed by atoms with van der Waals surface area (Å²) in [5.41, 5.74) is 0.695. The number of ketones is 1. The number of ether oxygens (including phenoxy) is 4. The molecule has 3 aromatic rings. The van der Waals surface area contributed by atoms with E-state index >= 15 is 0 Å². The van der Waals surface area contributed by atoms with E-state index < -0.39 is 17.7 Å². The van der Waals surface area contributed by atoms with Gasteiger partial charge in [-0.25, -0.2) is 0 Å². The van der Waals surface area contributed by atoms with E-state index in [9.17, 15) is 14.7 Å². The van der Waals surface area contributed by atoms with Gasteiger partial charge in [0.05, 0.1) is 51.6 Å². The standard InChI is InChI=1S/C26H24ClNO7S/c1-32-18-8-7-14(10-17(18)27)23(29)21-22(15-11-19(33-2)25(35-4)20(12-15)34-3)28(26(31)24(21)30)13-16-6-5-9-36-16/h5-12,22,29H,13H2,1-4H3/b23-21+. The molecule has 4 rings (SSSR count). The van der Waals surface area contributed by atoms with Crippen LogP contribution in [-0.2, 0) is 16.1 Å². The van der Waals surface area contributed by atoms with E-state index in [1.807, 2.05) is 17.5 Å². The summed E-state index contributed by atoms with van der Waals surface area (Å²) in [6.07, 6.45) is 0. The van der Waals surface area contributed by atoms with Crippen molar-refractivity contribution in [3.05, 3.63) is 74.4 Å². The van der Waals surface area contributed by atoms with Crippen LogP contribution in [0.5, 0.6) is 23.0 Å². The zero-order valence-corrected chi connectivity index (χ0v) is 21.6. The van der Waals surface area contributed by atoms with Gasteiger partial charge in [0.25, 0.3) is 11.7 Å². The van der Waals surface area contributed by atoms with Crippen molar-refractivity contribution < 1.29 is 33.6 Å². The highest BCUT2D eigenvalue weighted by molar-refractivity contribution is 7.09. The minimum atomic E-state index is -0.929. The summed E-state index contributed by atoms with van der Waals surface area (Å²) in [7, 11) is 5.91. The largest absolute Gasteiger partial charge is 0.507 e. The van der Waals surface area contributed by atoms with Crippen LogP contribution in [-0.4, -0.2) is 50.1 Å². The fourth-order valence-corrected chi connectivity index (χ4v) is 5.15. The third-order valence-electron chi connectivity index (χ3n) is 5.87. The van der Waals surface area contributed by atoms with E-state index in [1.165, 1.54) is 50.7 Å². The predicted molar refractivity (Wildman–Crippen MR) is 136 cm³/mol.